The third kappa shape index (κ3) is 5.50. The molecule has 155 valence electrons. The van der Waals surface area contributed by atoms with Gasteiger partial charge in [-0.15, -0.1) is 0 Å². The van der Waals surface area contributed by atoms with Crippen LogP contribution >= 0.6 is 15.8 Å². The van der Waals surface area contributed by atoms with Crippen molar-refractivity contribution in [2.45, 2.75) is 102 Å². The van der Waals surface area contributed by atoms with E-state index in [2.05, 4.69) is 52.0 Å². The molecule has 1 aromatic carbocycles. The van der Waals surface area contributed by atoms with Gasteiger partial charge in [0.2, 0.25) is 0 Å². The molecule has 27 heavy (non-hydrogen) atoms. The molecule has 4 atom stereocenters. The quantitative estimate of drug-likeness (QED) is 0.211. The number of benzene rings is 1. The van der Waals surface area contributed by atoms with Gasteiger partial charge in [0.1, 0.15) is 10.6 Å². The van der Waals surface area contributed by atoms with Gasteiger partial charge >= 0.3 is 0 Å². The molecule has 2 aliphatic heterocycles. The van der Waals surface area contributed by atoms with Crippen molar-refractivity contribution in [3.63, 3.8) is 0 Å². The van der Waals surface area contributed by atoms with Gasteiger partial charge in [-0.2, -0.15) is 1.37 Å². The summed E-state index contributed by atoms with van der Waals surface area (Å²) in [6.07, 6.45) is 11.7. The summed E-state index contributed by atoms with van der Waals surface area (Å²) < 4.78 is 5.40. The summed E-state index contributed by atoms with van der Waals surface area (Å²) in [6, 6.07) is 9.87. The van der Waals surface area contributed by atoms with Crippen molar-refractivity contribution >= 4 is 33.2 Å². The largest absolute Gasteiger partial charge is 0.545 e. The molecule has 0 N–H and O–H groups in total. The van der Waals surface area contributed by atoms with E-state index in [4.69, 9.17) is 6.17 Å². The minimum absolute atomic E-state index is 0. The molecule has 4 heteroatoms. The van der Waals surface area contributed by atoms with Gasteiger partial charge in [0.15, 0.2) is 0 Å². The summed E-state index contributed by atoms with van der Waals surface area (Å²) in [5.41, 5.74) is 4.13. The summed E-state index contributed by atoms with van der Waals surface area (Å²) in [5, 5.41) is 3.79. The van der Waals surface area contributed by atoms with Crippen LogP contribution in [0, 0.1) is 0 Å². The monoisotopic (exact) mass is 497 g/mol. The molecule has 2 fully saturated rings. The van der Waals surface area contributed by atoms with Crippen LogP contribution in [0.1, 0.15) is 80.4 Å². The van der Waals surface area contributed by atoms with Crippen LogP contribution in [0.2, 0.25) is 0 Å². The van der Waals surface area contributed by atoms with E-state index < -0.39 is 0 Å². The zero-order valence-corrected chi connectivity index (χ0v) is 21.2. The van der Waals surface area contributed by atoms with Crippen LogP contribution in [0.25, 0.3) is 0 Å². The topological polar surface area (TPSA) is 17.1 Å². The molecule has 0 bridgehead atoms. The summed E-state index contributed by atoms with van der Waals surface area (Å²) in [4.78, 5) is 8.35. The second-order valence-corrected chi connectivity index (χ2v) is 14.2. The van der Waals surface area contributed by atoms with Crippen molar-refractivity contribution in [1.82, 2.24) is 0 Å². The van der Waals surface area contributed by atoms with Gasteiger partial charge in [-0.05, 0) is 63.5 Å². The van der Waals surface area contributed by atoms with E-state index in [9.17, 15) is 0 Å². The van der Waals surface area contributed by atoms with Gasteiger partial charge in [-0.25, -0.2) is 0 Å². The predicted molar refractivity (Wildman–Crippen MR) is 124 cm³/mol. The summed E-state index contributed by atoms with van der Waals surface area (Å²) in [7, 11) is -0.743. The molecule has 2 heterocycles. The third-order valence-corrected chi connectivity index (χ3v) is 15.7. The fourth-order valence-electron chi connectivity index (χ4n) is 5.66. The van der Waals surface area contributed by atoms with E-state index in [0.717, 1.165) is 29.4 Å². The van der Waals surface area contributed by atoms with Gasteiger partial charge in [-0.3, -0.25) is 6.77 Å². The Kier molecular flexibility index (Phi) is 11.2. The molecule has 1 nitrogen and oxygen atoms in total. The Bertz CT molecular complexity index is 514. The Balaban J connectivity index is 0.000000921. The Morgan fingerprint density at radius 3 is 1.30 bits per heavy atom. The molecule has 2 aliphatic rings. The second-order valence-electron chi connectivity index (χ2n) is 8.03. The molecule has 0 amide bonds. The first-order chi connectivity index (χ1) is 13.2. The average Bonchev–Trinajstić information content (AvgIpc) is 3.31. The maximum Gasteiger partial charge on any atom is 0.133 e. The molecule has 1 radical (unpaired) electrons. The molecule has 0 aromatic heterocycles. The van der Waals surface area contributed by atoms with E-state index in [1.807, 2.05) is 10.6 Å². The number of carbonyl (C=O) groups excluding carboxylic acids is 1. The molecule has 0 saturated carbocycles. The van der Waals surface area contributed by atoms with Crippen molar-refractivity contribution in [3.05, 3.63) is 24.3 Å². The smallest absolute Gasteiger partial charge is 0.133 e. The fraction of sp³-hybridized carbons (Fsp3) is 0.696. The predicted octanol–water partition coefficient (Wildman–Crippen LogP) is 5.79. The van der Waals surface area contributed by atoms with Crippen LogP contribution in [0.3, 0.4) is 0 Å². The number of rotatable bonds is 6. The number of hydrogen-bond donors (Lipinski definition) is 0. The molecule has 1 aromatic rings. The van der Waals surface area contributed by atoms with Crippen LogP contribution in [-0.4, -0.2) is 29.4 Å². The minimum Gasteiger partial charge on any atom is -0.545 e. The number of hydrogen-bond acceptors (Lipinski definition) is 1. The summed E-state index contributed by atoms with van der Waals surface area (Å²) in [5.74, 6) is 0. The maximum absolute atomic E-state index is 8.35. The summed E-state index contributed by atoms with van der Waals surface area (Å²) >= 11 is 0. The zero-order chi connectivity index (χ0) is 19.8. The average molecular weight is 497 g/mol. The van der Waals surface area contributed by atoms with Crippen LogP contribution < -0.4 is 10.6 Å². The first-order valence-corrected chi connectivity index (χ1v) is 14.1. The summed E-state index contributed by atoms with van der Waals surface area (Å²) in [6.45, 7) is 10.5. The van der Waals surface area contributed by atoms with E-state index in [1.165, 1.54) is 51.4 Å². The van der Waals surface area contributed by atoms with Crippen LogP contribution in [0.15, 0.2) is 24.3 Å². The molecule has 0 spiro atoms. The molecule has 2 saturated heterocycles. The van der Waals surface area contributed by atoms with E-state index in [0.29, 0.717) is 0 Å². The molecular formula is C23H39OP2Rh+. The second kappa shape index (κ2) is 12.8. The van der Waals surface area contributed by atoms with Gasteiger partial charge in [0.25, 0.3) is 0 Å². The van der Waals surface area contributed by atoms with E-state index in [1.54, 1.807) is 0 Å². The molecule has 0 unspecified atom stereocenters. The van der Waals surface area contributed by atoms with Gasteiger partial charge in [-0.1, -0.05) is 39.8 Å². The Hall–Kier alpha value is 0.373. The van der Waals surface area contributed by atoms with Crippen LogP contribution in [0.4, 0.5) is 0 Å². The van der Waals surface area contributed by atoms with Crippen LogP contribution in [-0.2, 0) is 24.3 Å². The van der Waals surface area contributed by atoms with Crippen molar-refractivity contribution in [1.29, 1.82) is 0 Å². The van der Waals surface area contributed by atoms with E-state index in [-0.39, 0.29) is 35.3 Å². The normalized spacial score (nSPS) is 28.8. The fourth-order valence-corrected chi connectivity index (χ4v) is 14.7. The zero-order valence-electron chi connectivity index (χ0n) is 18.5. The third-order valence-electron chi connectivity index (χ3n) is 7.01. The SMILES string of the molecule is CC[C@H]1CC[C@H](CC)[PH+]1c1ccccc1[PH+]1[C@@H](CC)CC[C@@H]1CC.[2H][C-]=O.[Rh]. The standard InChI is InChI=1S/C22H36P2.CHO.Rh/c1-5-17-13-14-18(6-2)23(17)21-11-9-10-12-22(21)24-19(7-3)15-16-20(24)8-4;1-2;/h9-12,17-20H,5-8,13-16H2,1-4H3;1H;/q;-1;/p+2/t17-,18-,19-,20-;;/m0../s1/i;1D;. The Morgan fingerprint density at radius 1 is 0.815 bits per heavy atom. The van der Waals surface area contributed by atoms with Gasteiger partial charge in [0, 0.05) is 35.3 Å². The van der Waals surface area contributed by atoms with Gasteiger partial charge in [0.05, 0.1) is 22.6 Å². The molecule has 3 rings (SSSR count). The van der Waals surface area contributed by atoms with Crippen molar-refractivity contribution in [2.24, 2.45) is 0 Å². The molecule has 0 aliphatic carbocycles. The minimum atomic E-state index is -0.371. The molecular weight excluding hydrogens is 457 g/mol. The van der Waals surface area contributed by atoms with Gasteiger partial charge < -0.3 is 4.79 Å². The Morgan fingerprint density at radius 2 is 1.07 bits per heavy atom. The van der Waals surface area contributed by atoms with Crippen LogP contribution in [0.5, 0.6) is 0 Å². The van der Waals surface area contributed by atoms with Crippen molar-refractivity contribution < 1.29 is 25.6 Å². The maximum atomic E-state index is 8.35. The van der Waals surface area contributed by atoms with Crippen molar-refractivity contribution in [3.8, 4) is 0 Å². The first-order valence-electron chi connectivity index (χ1n) is 11.3. The van der Waals surface area contributed by atoms with Crippen molar-refractivity contribution in [2.75, 3.05) is 0 Å². The Labute approximate surface area is 184 Å². The van der Waals surface area contributed by atoms with E-state index >= 15 is 0 Å². The first kappa shape index (κ1) is 23.7.